The molecule has 0 unspecified atom stereocenters. The van der Waals surface area contributed by atoms with Gasteiger partial charge < -0.3 is 10.1 Å². The van der Waals surface area contributed by atoms with Gasteiger partial charge in [0.25, 0.3) is 11.6 Å². The maximum atomic E-state index is 12.7. The molecule has 0 aliphatic carbocycles. The Morgan fingerprint density at radius 3 is 2.37 bits per heavy atom. The molecular weight excluding hydrogens is 352 g/mol. The summed E-state index contributed by atoms with van der Waals surface area (Å²) in [4.78, 5) is 34.7. The molecule has 3 aromatic rings. The molecule has 136 valence electrons. The highest BCUT2D eigenvalue weighted by atomic mass is 16.6. The van der Waals surface area contributed by atoms with Crippen molar-refractivity contribution < 1.29 is 19.2 Å². The lowest BCUT2D eigenvalue weighted by Gasteiger charge is -2.08. The lowest BCUT2D eigenvalue weighted by molar-refractivity contribution is -0.384. The Labute approximate surface area is 153 Å². The van der Waals surface area contributed by atoms with E-state index >= 15 is 0 Å². The molecule has 0 atom stereocenters. The first-order valence-electron chi connectivity index (χ1n) is 7.79. The molecule has 0 saturated carbocycles. The molecule has 2 aromatic carbocycles. The van der Waals surface area contributed by atoms with Gasteiger partial charge in [-0.2, -0.15) is 5.10 Å². The molecule has 0 fully saturated rings. The van der Waals surface area contributed by atoms with Crippen LogP contribution in [0.15, 0.2) is 60.7 Å². The van der Waals surface area contributed by atoms with E-state index < -0.39 is 16.8 Å². The van der Waals surface area contributed by atoms with E-state index in [2.05, 4.69) is 15.2 Å². The molecule has 0 bridgehead atoms. The number of methoxy groups -OCH3 is 1. The molecule has 0 aliphatic rings. The monoisotopic (exact) mass is 366 g/mol. The van der Waals surface area contributed by atoms with Gasteiger partial charge in [-0.1, -0.05) is 18.2 Å². The minimum atomic E-state index is -0.672. The van der Waals surface area contributed by atoms with Crippen LogP contribution in [0.5, 0.6) is 0 Å². The fourth-order valence-corrected chi connectivity index (χ4v) is 2.37. The molecule has 27 heavy (non-hydrogen) atoms. The highest BCUT2D eigenvalue weighted by Gasteiger charge is 2.21. The average Bonchev–Trinajstić information content (AvgIpc) is 3.14. The topological polar surface area (TPSA) is 116 Å². The summed E-state index contributed by atoms with van der Waals surface area (Å²) in [7, 11) is 1.22. The van der Waals surface area contributed by atoms with E-state index in [1.54, 1.807) is 24.3 Å². The Morgan fingerprint density at radius 1 is 1.11 bits per heavy atom. The number of ether oxygens (including phenoxy) is 1. The molecule has 9 nitrogen and oxygen atoms in total. The second-order valence-corrected chi connectivity index (χ2v) is 5.41. The maximum absolute atomic E-state index is 12.7. The van der Waals surface area contributed by atoms with Gasteiger partial charge in [0.1, 0.15) is 5.69 Å². The summed E-state index contributed by atoms with van der Waals surface area (Å²) in [6.07, 6.45) is 0. The summed E-state index contributed by atoms with van der Waals surface area (Å²) < 4.78 is 5.99. The lowest BCUT2D eigenvalue weighted by atomic mass is 10.2. The molecule has 3 rings (SSSR count). The number of nitrogens with one attached hydrogen (secondary N) is 1. The van der Waals surface area contributed by atoms with Gasteiger partial charge in [0.2, 0.25) is 0 Å². The van der Waals surface area contributed by atoms with Gasteiger partial charge in [-0.3, -0.25) is 14.9 Å². The standard InChI is InChI=1S/C18H14N4O5/c1-27-18(24)15-11-16(21(20-15)13-5-3-2-4-6-13)17(23)19-12-7-9-14(10-8-12)22(25)26/h2-11H,1H3,(H,19,23). The number of aromatic nitrogens is 2. The van der Waals surface area contributed by atoms with Crippen molar-refractivity contribution in [2.24, 2.45) is 0 Å². The van der Waals surface area contributed by atoms with E-state index in [9.17, 15) is 19.7 Å². The van der Waals surface area contributed by atoms with Crippen molar-refractivity contribution in [2.45, 2.75) is 0 Å². The molecule has 1 aromatic heterocycles. The number of rotatable bonds is 5. The Kier molecular flexibility index (Phi) is 4.93. The predicted octanol–water partition coefficient (Wildman–Crippen LogP) is 2.82. The van der Waals surface area contributed by atoms with Crippen molar-refractivity contribution in [3.63, 3.8) is 0 Å². The summed E-state index contributed by atoms with van der Waals surface area (Å²) in [6, 6.07) is 15.5. The zero-order valence-corrected chi connectivity index (χ0v) is 14.2. The van der Waals surface area contributed by atoms with Crippen LogP contribution in [0.25, 0.3) is 5.69 Å². The SMILES string of the molecule is COC(=O)c1cc(C(=O)Nc2ccc([N+](=O)[O-])cc2)n(-c2ccccc2)n1. The van der Waals surface area contributed by atoms with Gasteiger partial charge >= 0.3 is 5.97 Å². The highest BCUT2D eigenvalue weighted by molar-refractivity contribution is 6.04. The second kappa shape index (κ2) is 7.48. The van der Waals surface area contributed by atoms with Crippen LogP contribution in [0.1, 0.15) is 21.0 Å². The molecular formula is C18H14N4O5. The van der Waals surface area contributed by atoms with Crippen molar-refractivity contribution in [1.82, 2.24) is 9.78 Å². The fourth-order valence-electron chi connectivity index (χ4n) is 2.37. The Hall–Kier alpha value is -4.01. The van der Waals surface area contributed by atoms with E-state index in [0.717, 1.165) is 0 Å². The summed E-state index contributed by atoms with van der Waals surface area (Å²) >= 11 is 0. The third kappa shape index (κ3) is 3.82. The third-order valence-electron chi connectivity index (χ3n) is 3.67. The van der Waals surface area contributed by atoms with Crippen LogP contribution >= 0.6 is 0 Å². The van der Waals surface area contributed by atoms with Crippen LogP contribution < -0.4 is 5.32 Å². The van der Waals surface area contributed by atoms with Gasteiger partial charge in [0.15, 0.2) is 5.69 Å². The van der Waals surface area contributed by atoms with Crippen LogP contribution in [0.3, 0.4) is 0 Å². The van der Waals surface area contributed by atoms with Crippen LogP contribution in [0, 0.1) is 10.1 Å². The molecule has 1 N–H and O–H groups in total. The van der Waals surface area contributed by atoms with Gasteiger partial charge in [0.05, 0.1) is 17.7 Å². The van der Waals surface area contributed by atoms with Crippen LogP contribution in [0.2, 0.25) is 0 Å². The maximum Gasteiger partial charge on any atom is 0.358 e. The van der Waals surface area contributed by atoms with E-state index in [0.29, 0.717) is 11.4 Å². The van der Waals surface area contributed by atoms with Crippen LogP contribution in [-0.4, -0.2) is 33.7 Å². The van der Waals surface area contributed by atoms with Crippen LogP contribution in [-0.2, 0) is 4.74 Å². The molecule has 9 heteroatoms. The normalized spacial score (nSPS) is 10.3. The van der Waals surface area contributed by atoms with Crippen molar-refractivity contribution in [3.8, 4) is 5.69 Å². The molecule has 0 radical (unpaired) electrons. The number of anilines is 1. The number of non-ortho nitro benzene ring substituents is 1. The van der Waals surface area contributed by atoms with Crippen molar-refractivity contribution >= 4 is 23.3 Å². The summed E-state index contributed by atoms with van der Waals surface area (Å²) in [6.45, 7) is 0. The minimum Gasteiger partial charge on any atom is -0.464 e. The van der Waals surface area contributed by atoms with Gasteiger partial charge in [-0.15, -0.1) is 0 Å². The van der Waals surface area contributed by atoms with Crippen molar-refractivity contribution in [1.29, 1.82) is 0 Å². The summed E-state index contributed by atoms with van der Waals surface area (Å²) in [5.41, 5.74) is 0.956. The van der Waals surface area contributed by atoms with E-state index in [4.69, 9.17) is 0 Å². The average molecular weight is 366 g/mol. The van der Waals surface area contributed by atoms with Gasteiger partial charge in [-0.05, 0) is 24.3 Å². The fraction of sp³-hybridized carbons (Fsp3) is 0.0556. The summed E-state index contributed by atoms with van der Waals surface area (Å²) in [5, 5.41) is 17.5. The third-order valence-corrected chi connectivity index (χ3v) is 3.67. The number of nitrogens with zero attached hydrogens (tertiary/aromatic N) is 3. The number of nitro benzene ring substituents is 1. The van der Waals surface area contributed by atoms with E-state index in [1.807, 2.05) is 6.07 Å². The first-order valence-corrected chi connectivity index (χ1v) is 7.79. The van der Waals surface area contributed by atoms with E-state index in [-0.39, 0.29) is 17.1 Å². The zero-order chi connectivity index (χ0) is 19.4. The number of carbonyl (C=O) groups is 2. The number of carbonyl (C=O) groups excluding carboxylic acids is 2. The lowest BCUT2D eigenvalue weighted by Crippen LogP contribution is -2.16. The molecule has 0 aliphatic heterocycles. The number of amides is 1. The highest BCUT2D eigenvalue weighted by Crippen LogP contribution is 2.18. The second-order valence-electron chi connectivity index (χ2n) is 5.41. The Balaban J connectivity index is 1.94. The van der Waals surface area contributed by atoms with E-state index in [1.165, 1.54) is 42.1 Å². The molecule has 0 saturated heterocycles. The zero-order valence-electron chi connectivity index (χ0n) is 14.2. The number of nitro groups is 1. The number of esters is 1. The minimum absolute atomic E-state index is 0.0183. The number of hydrogen-bond acceptors (Lipinski definition) is 6. The smallest absolute Gasteiger partial charge is 0.358 e. The first-order chi connectivity index (χ1) is 13.0. The van der Waals surface area contributed by atoms with Crippen molar-refractivity contribution in [3.05, 3.63) is 82.2 Å². The number of hydrogen-bond donors (Lipinski definition) is 1. The largest absolute Gasteiger partial charge is 0.464 e. The Bertz CT molecular complexity index is 996. The quantitative estimate of drug-likeness (QED) is 0.422. The first kappa shape index (κ1) is 17.8. The number of benzene rings is 2. The summed E-state index contributed by atoms with van der Waals surface area (Å²) in [5.74, 6) is -1.20. The Morgan fingerprint density at radius 2 is 1.78 bits per heavy atom. The van der Waals surface area contributed by atoms with Crippen molar-refractivity contribution in [2.75, 3.05) is 12.4 Å². The predicted molar refractivity (Wildman–Crippen MR) is 96.0 cm³/mol. The molecule has 1 amide bonds. The van der Waals surface area contributed by atoms with Crippen LogP contribution in [0.4, 0.5) is 11.4 Å². The van der Waals surface area contributed by atoms with Gasteiger partial charge in [-0.25, -0.2) is 9.48 Å². The number of para-hydroxylation sites is 1. The van der Waals surface area contributed by atoms with Gasteiger partial charge in [0, 0.05) is 23.9 Å². The molecule has 1 heterocycles. The molecule has 0 spiro atoms.